The SMILES string of the molecule is O=C(Nc1cncc(Cl)n1)C1C2C3CCC(C3)C12. The molecule has 0 spiro atoms. The first kappa shape index (κ1) is 10.7. The van der Waals surface area contributed by atoms with Crippen molar-refractivity contribution in [1.29, 1.82) is 0 Å². The number of amides is 1. The number of halogens is 1. The number of carbonyl (C=O) groups is 1. The van der Waals surface area contributed by atoms with E-state index >= 15 is 0 Å². The molecular formula is C13H14ClN3O. The molecule has 1 amide bonds. The Morgan fingerprint density at radius 2 is 2.00 bits per heavy atom. The number of aromatic nitrogens is 2. The summed E-state index contributed by atoms with van der Waals surface area (Å²) in [5, 5.41) is 3.15. The zero-order valence-electron chi connectivity index (χ0n) is 9.84. The van der Waals surface area contributed by atoms with E-state index in [0.29, 0.717) is 22.8 Å². The monoisotopic (exact) mass is 263 g/mol. The molecule has 0 aromatic carbocycles. The second kappa shape index (κ2) is 3.67. The Labute approximate surface area is 110 Å². The number of carbonyl (C=O) groups excluding carboxylic acids is 1. The molecule has 1 N–H and O–H groups in total. The molecule has 5 heteroatoms. The fourth-order valence-electron chi connectivity index (χ4n) is 4.29. The molecule has 4 rings (SSSR count). The van der Waals surface area contributed by atoms with Crippen LogP contribution in [0.1, 0.15) is 19.3 Å². The van der Waals surface area contributed by atoms with Crippen LogP contribution in [0.2, 0.25) is 5.15 Å². The van der Waals surface area contributed by atoms with Gasteiger partial charge in [-0.15, -0.1) is 0 Å². The van der Waals surface area contributed by atoms with Crippen LogP contribution in [0, 0.1) is 29.6 Å². The molecule has 94 valence electrons. The van der Waals surface area contributed by atoms with Crippen molar-refractivity contribution < 1.29 is 4.79 Å². The average molecular weight is 264 g/mol. The summed E-state index contributed by atoms with van der Waals surface area (Å²) in [5.74, 6) is 3.70. The zero-order valence-corrected chi connectivity index (χ0v) is 10.6. The summed E-state index contributed by atoms with van der Waals surface area (Å²) in [4.78, 5) is 20.2. The van der Waals surface area contributed by atoms with Crippen LogP contribution in [0.4, 0.5) is 5.82 Å². The molecule has 1 aromatic heterocycles. The van der Waals surface area contributed by atoms with E-state index in [1.165, 1.54) is 31.7 Å². The molecule has 3 fully saturated rings. The van der Waals surface area contributed by atoms with Crippen LogP contribution in [0.25, 0.3) is 0 Å². The van der Waals surface area contributed by atoms with Crippen LogP contribution in [0.5, 0.6) is 0 Å². The highest BCUT2D eigenvalue weighted by molar-refractivity contribution is 6.29. The van der Waals surface area contributed by atoms with Crippen molar-refractivity contribution in [2.45, 2.75) is 19.3 Å². The van der Waals surface area contributed by atoms with Crippen molar-refractivity contribution in [3.05, 3.63) is 17.5 Å². The smallest absolute Gasteiger partial charge is 0.229 e. The molecule has 4 unspecified atom stereocenters. The van der Waals surface area contributed by atoms with Crippen LogP contribution >= 0.6 is 11.6 Å². The van der Waals surface area contributed by atoms with Gasteiger partial charge in [0.15, 0.2) is 5.82 Å². The molecule has 0 aliphatic heterocycles. The van der Waals surface area contributed by atoms with E-state index in [4.69, 9.17) is 11.6 Å². The first-order chi connectivity index (χ1) is 8.74. The molecule has 0 saturated heterocycles. The van der Waals surface area contributed by atoms with Gasteiger partial charge in [-0.05, 0) is 42.9 Å². The summed E-state index contributed by atoms with van der Waals surface area (Å²) in [7, 11) is 0. The molecule has 3 aliphatic rings. The third-order valence-corrected chi connectivity index (χ3v) is 5.08. The fourth-order valence-corrected chi connectivity index (χ4v) is 4.43. The molecule has 0 radical (unpaired) electrons. The number of nitrogens with zero attached hydrogens (tertiary/aromatic N) is 2. The number of nitrogens with one attached hydrogen (secondary N) is 1. The van der Waals surface area contributed by atoms with Crippen LogP contribution in [0.3, 0.4) is 0 Å². The normalized spacial score (nSPS) is 39.5. The first-order valence-corrected chi connectivity index (χ1v) is 6.90. The van der Waals surface area contributed by atoms with Gasteiger partial charge in [-0.2, -0.15) is 0 Å². The summed E-state index contributed by atoms with van der Waals surface area (Å²) in [5.41, 5.74) is 0. The van der Waals surface area contributed by atoms with Gasteiger partial charge in [-0.1, -0.05) is 11.6 Å². The summed E-state index contributed by atoms with van der Waals surface area (Å²) in [6.45, 7) is 0. The van der Waals surface area contributed by atoms with Crippen LogP contribution in [0.15, 0.2) is 12.4 Å². The Bertz CT molecular complexity index is 505. The van der Waals surface area contributed by atoms with Gasteiger partial charge in [-0.3, -0.25) is 9.78 Å². The Morgan fingerprint density at radius 1 is 1.28 bits per heavy atom. The minimum atomic E-state index is 0.109. The van der Waals surface area contributed by atoms with E-state index in [-0.39, 0.29) is 11.8 Å². The van der Waals surface area contributed by atoms with Gasteiger partial charge in [-0.25, -0.2) is 4.98 Å². The molecule has 3 saturated carbocycles. The minimum Gasteiger partial charge on any atom is -0.309 e. The van der Waals surface area contributed by atoms with Crippen molar-refractivity contribution >= 4 is 23.3 Å². The summed E-state index contributed by atoms with van der Waals surface area (Å²) in [6.07, 6.45) is 7.01. The summed E-state index contributed by atoms with van der Waals surface area (Å²) in [6, 6.07) is 0. The molecular weight excluding hydrogens is 250 g/mol. The molecule has 1 heterocycles. The van der Waals surface area contributed by atoms with Crippen LogP contribution in [-0.4, -0.2) is 15.9 Å². The third-order valence-electron chi connectivity index (χ3n) is 4.89. The maximum atomic E-state index is 12.2. The van der Waals surface area contributed by atoms with Gasteiger partial charge in [0.1, 0.15) is 5.15 Å². The zero-order chi connectivity index (χ0) is 12.3. The Balaban J connectivity index is 1.47. The van der Waals surface area contributed by atoms with E-state index in [0.717, 1.165) is 11.8 Å². The van der Waals surface area contributed by atoms with Gasteiger partial charge in [0.25, 0.3) is 0 Å². The van der Waals surface area contributed by atoms with E-state index in [2.05, 4.69) is 15.3 Å². The maximum absolute atomic E-state index is 12.2. The number of anilines is 1. The average Bonchev–Trinajstić information content (AvgIpc) is 2.79. The standard InChI is InChI=1S/C13H14ClN3O/c14-8-4-15-5-9(16-8)17-13(18)12-10-6-1-2-7(3-6)11(10)12/h4-7,10-12H,1-3H2,(H,16,17,18). The predicted molar refractivity (Wildman–Crippen MR) is 67.0 cm³/mol. The highest BCUT2D eigenvalue weighted by atomic mass is 35.5. The lowest BCUT2D eigenvalue weighted by Crippen LogP contribution is -2.19. The second-order valence-electron chi connectivity index (χ2n) is 5.73. The number of rotatable bonds is 2. The highest BCUT2D eigenvalue weighted by Crippen LogP contribution is 2.69. The number of hydrogen-bond acceptors (Lipinski definition) is 3. The van der Waals surface area contributed by atoms with Crippen molar-refractivity contribution in [2.24, 2.45) is 29.6 Å². The van der Waals surface area contributed by atoms with Gasteiger partial charge >= 0.3 is 0 Å². The predicted octanol–water partition coefficient (Wildman–Crippen LogP) is 2.36. The minimum absolute atomic E-state index is 0.109. The van der Waals surface area contributed by atoms with Gasteiger partial charge in [0, 0.05) is 5.92 Å². The van der Waals surface area contributed by atoms with E-state index in [1.54, 1.807) is 0 Å². The highest BCUT2D eigenvalue weighted by Gasteiger charge is 2.67. The molecule has 2 bridgehead atoms. The van der Waals surface area contributed by atoms with Crippen molar-refractivity contribution in [2.75, 3.05) is 5.32 Å². The van der Waals surface area contributed by atoms with Crippen molar-refractivity contribution in [1.82, 2.24) is 9.97 Å². The van der Waals surface area contributed by atoms with E-state index in [9.17, 15) is 4.79 Å². The van der Waals surface area contributed by atoms with Crippen molar-refractivity contribution in [3.63, 3.8) is 0 Å². The Hall–Kier alpha value is -1.16. The van der Waals surface area contributed by atoms with Gasteiger partial charge in [0.2, 0.25) is 5.91 Å². The Morgan fingerprint density at radius 3 is 2.67 bits per heavy atom. The third kappa shape index (κ3) is 1.48. The lowest BCUT2D eigenvalue weighted by molar-refractivity contribution is -0.118. The quantitative estimate of drug-likeness (QED) is 0.891. The maximum Gasteiger partial charge on any atom is 0.229 e. The van der Waals surface area contributed by atoms with Crippen LogP contribution in [-0.2, 0) is 4.79 Å². The summed E-state index contributed by atoms with van der Waals surface area (Å²) >= 11 is 5.75. The lowest BCUT2D eigenvalue weighted by Gasteiger charge is -2.08. The van der Waals surface area contributed by atoms with E-state index in [1.807, 2.05) is 0 Å². The second-order valence-corrected chi connectivity index (χ2v) is 6.12. The van der Waals surface area contributed by atoms with Gasteiger partial charge in [0.05, 0.1) is 12.4 Å². The fraction of sp³-hybridized carbons (Fsp3) is 0.615. The topological polar surface area (TPSA) is 54.9 Å². The summed E-state index contributed by atoms with van der Waals surface area (Å²) < 4.78 is 0. The number of fused-ring (bicyclic) bond motifs is 5. The van der Waals surface area contributed by atoms with Crippen molar-refractivity contribution in [3.8, 4) is 0 Å². The first-order valence-electron chi connectivity index (χ1n) is 6.52. The molecule has 4 atom stereocenters. The lowest BCUT2D eigenvalue weighted by atomic mass is 10.0. The Kier molecular flexibility index (Phi) is 2.19. The molecule has 3 aliphatic carbocycles. The molecule has 1 aromatic rings. The number of hydrogen-bond donors (Lipinski definition) is 1. The van der Waals surface area contributed by atoms with Crippen LogP contribution < -0.4 is 5.32 Å². The largest absolute Gasteiger partial charge is 0.309 e. The molecule has 18 heavy (non-hydrogen) atoms. The van der Waals surface area contributed by atoms with E-state index < -0.39 is 0 Å². The molecule has 4 nitrogen and oxygen atoms in total. The van der Waals surface area contributed by atoms with Gasteiger partial charge < -0.3 is 5.32 Å².